The van der Waals surface area contributed by atoms with Gasteiger partial charge in [0.25, 0.3) is 0 Å². The van der Waals surface area contributed by atoms with Crippen LogP contribution in [0.5, 0.6) is 0 Å². The highest BCUT2D eigenvalue weighted by molar-refractivity contribution is 5.97. The monoisotopic (exact) mass is 893 g/mol. The number of carbonyl (C=O) groups excluding carboxylic acids is 6. The molecule has 1 aromatic heterocycles. The number of para-hydroxylation sites is 1. The first-order chi connectivity index (χ1) is 30.3. The summed E-state index contributed by atoms with van der Waals surface area (Å²) in [7, 11) is 0. The van der Waals surface area contributed by atoms with Crippen molar-refractivity contribution in [2.75, 3.05) is 13.3 Å². The van der Waals surface area contributed by atoms with Crippen molar-refractivity contribution in [2.45, 2.75) is 129 Å². The van der Waals surface area contributed by atoms with E-state index in [1.165, 1.54) is 6.92 Å². The Morgan fingerprint density at radius 2 is 0.984 bits per heavy atom. The van der Waals surface area contributed by atoms with E-state index in [1.807, 2.05) is 65.8 Å². The molecule has 20 heteroatoms. The van der Waals surface area contributed by atoms with Gasteiger partial charge in [0.15, 0.2) is 0 Å². The molecule has 3 heterocycles. The lowest BCUT2D eigenvalue weighted by molar-refractivity contribution is -0.141. The minimum Gasteiger partial charge on any atom is -0.480 e. The van der Waals surface area contributed by atoms with Crippen LogP contribution in [0.15, 0.2) is 54.3 Å². The molecular weight excluding hydrogens is 825 g/mol. The fourth-order valence-electron chi connectivity index (χ4n) is 7.38. The second-order valence-corrected chi connectivity index (χ2v) is 17.8. The Morgan fingerprint density at radius 3 is 1.41 bits per heavy atom. The van der Waals surface area contributed by atoms with Crippen LogP contribution >= 0.6 is 0 Å². The lowest BCUT2D eigenvalue weighted by Gasteiger charge is -2.29. The first kappa shape index (κ1) is 50.3. The van der Waals surface area contributed by atoms with E-state index >= 15 is 0 Å². The van der Waals surface area contributed by atoms with Crippen molar-refractivity contribution in [2.24, 2.45) is 23.5 Å². The van der Waals surface area contributed by atoms with Gasteiger partial charge in [0.1, 0.15) is 36.3 Å². The normalized spacial score (nSPS) is 16.6. The number of benzene rings is 1. The van der Waals surface area contributed by atoms with Crippen LogP contribution in [0.1, 0.15) is 86.1 Å². The van der Waals surface area contributed by atoms with Crippen molar-refractivity contribution in [3.63, 3.8) is 0 Å². The smallest absolute Gasteiger partial charge is 0.325 e. The number of fused-ring (bicyclic) bond motifs is 1. The molecule has 20 nitrogen and oxygen atoms in total. The topological polar surface area (TPSA) is 302 Å². The highest BCUT2D eigenvalue weighted by Crippen LogP contribution is 2.19. The van der Waals surface area contributed by atoms with Crippen LogP contribution in [0.3, 0.4) is 0 Å². The molecule has 1 unspecified atom stereocenters. The molecule has 0 radical (unpaired) electrons. The summed E-state index contributed by atoms with van der Waals surface area (Å²) >= 11 is 0. The van der Waals surface area contributed by atoms with Crippen LogP contribution in [0, 0.1) is 17.8 Å². The summed E-state index contributed by atoms with van der Waals surface area (Å²) < 4.78 is 0. The van der Waals surface area contributed by atoms with Gasteiger partial charge in [0.2, 0.25) is 35.4 Å². The Kier molecular flexibility index (Phi) is 18.8. The first-order valence-corrected chi connectivity index (χ1v) is 22.0. The zero-order valence-electron chi connectivity index (χ0n) is 37.9. The lowest BCUT2D eigenvalue weighted by atomic mass is 9.98. The molecule has 14 N–H and O–H groups in total. The molecule has 352 valence electrons. The Bertz CT molecular complexity index is 2030. The van der Waals surface area contributed by atoms with Crippen molar-refractivity contribution in [3.8, 4) is 0 Å². The number of carboxylic acids is 1. The highest BCUT2D eigenvalue weighted by Gasteiger charge is 2.35. The number of carboxylic acid groups (broad SMARTS) is 1. The molecule has 0 saturated carbocycles. The fourth-order valence-corrected chi connectivity index (χ4v) is 7.38. The zero-order valence-corrected chi connectivity index (χ0v) is 37.9. The van der Waals surface area contributed by atoms with Gasteiger partial charge in [0.05, 0.1) is 19.4 Å². The van der Waals surface area contributed by atoms with Gasteiger partial charge in [-0.3, -0.25) is 33.6 Å². The van der Waals surface area contributed by atoms with E-state index in [4.69, 9.17) is 5.73 Å². The van der Waals surface area contributed by atoms with Crippen LogP contribution in [0.4, 0.5) is 0 Å². The standard InChI is InChI=1S/C44H68N12O8/c1-23(2)12-33(40(59)54-35(14-25(5)6)42(61)56-36(16-28-19-46-21-49-28)39(58)51-26(7)44(63)64)53-41(60)34(13-24(3)4)55-43(62)37(17-29-20-47-22-50-29)52-38(57)31(45)15-27-18-48-32-11-9-8-10-30(27)32/h8-11,18-20,23-26,31,33-37,46-50H,12-17,21-22,45H2,1-7H3,(H,51,58)(H,52,57)(H,53,60)(H,54,59)(H,55,62)(H,56,61)(H,63,64)/t26-,31-,33-,34-,35-,36?,37-/m0/s1. The third-order valence-corrected chi connectivity index (χ3v) is 10.7. The number of hydrogen-bond donors (Lipinski definition) is 13. The van der Waals surface area contributed by atoms with E-state index in [1.54, 1.807) is 18.6 Å². The van der Waals surface area contributed by atoms with E-state index in [2.05, 4.69) is 58.2 Å². The summed E-state index contributed by atoms with van der Waals surface area (Å²) in [4.78, 5) is 97.8. The van der Waals surface area contributed by atoms with E-state index in [-0.39, 0.29) is 56.3 Å². The number of nitrogens with one attached hydrogen (secondary N) is 11. The van der Waals surface area contributed by atoms with Crippen LogP contribution < -0.4 is 58.9 Å². The molecule has 2 aromatic rings. The van der Waals surface area contributed by atoms with E-state index in [0.717, 1.165) is 16.5 Å². The lowest BCUT2D eigenvalue weighted by Crippen LogP contribution is -2.60. The van der Waals surface area contributed by atoms with Gasteiger partial charge in [-0.2, -0.15) is 0 Å². The second kappa shape index (κ2) is 23.9. The summed E-state index contributed by atoms with van der Waals surface area (Å²) in [5.41, 5.74) is 9.42. The number of amides is 6. The quantitative estimate of drug-likeness (QED) is 0.0624. The number of aromatic amines is 1. The van der Waals surface area contributed by atoms with Crippen LogP contribution in [-0.2, 0) is 40.0 Å². The summed E-state index contributed by atoms with van der Waals surface area (Å²) in [5.74, 6) is -5.38. The van der Waals surface area contributed by atoms with Crippen LogP contribution in [-0.4, -0.2) is 107 Å². The molecule has 7 atom stereocenters. The molecule has 0 saturated heterocycles. The maximum Gasteiger partial charge on any atom is 0.325 e. The average molecular weight is 893 g/mol. The van der Waals surface area contributed by atoms with E-state index in [9.17, 15) is 38.7 Å². The van der Waals surface area contributed by atoms with Crippen molar-refractivity contribution < 1.29 is 38.7 Å². The molecule has 64 heavy (non-hydrogen) atoms. The molecule has 2 aliphatic heterocycles. The summed E-state index contributed by atoms with van der Waals surface area (Å²) in [6, 6.07) is -0.267. The maximum absolute atomic E-state index is 14.2. The van der Waals surface area contributed by atoms with Gasteiger partial charge < -0.3 is 69.0 Å². The Morgan fingerprint density at radius 1 is 0.578 bits per heavy atom. The predicted octanol–water partition coefficient (Wildman–Crippen LogP) is -0.0471. The number of aromatic nitrogens is 1. The number of H-pyrrole nitrogens is 1. The summed E-state index contributed by atoms with van der Waals surface area (Å²) in [5, 5.41) is 38.8. The molecule has 0 fully saturated rings. The fraction of sp³-hybridized carbons (Fsp3) is 0.568. The largest absolute Gasteiger partial charge is 0.480 e. The molecule has 1 aromatic carbocycles. The number of hydrogen-bond acceptors (Lipinski definition) is 12. The third kappa shape index (κ3) is 15.5. The van der Waals surface area contributed by atoms with Gasteiger partial charge in [0, 0.05) is 53.7 Å². The third-order valence-electron chi connectivity index (χ3n) is 10.7. The SMILES string of the molecule is CC(C)C[C@H](NC(=O)[C@H](CC(C)C)NC(=O)[C@H](CC(C)C)NC(=O)[C@H](CC1=CNCN1)NC(=O)[C@@H](N)Cc1c[nH]c2ccccc12)C(=O)NC(CC1=CNCN1)C(=O)N[C@@H](C)C(=O)O. The molecule has 2 aliphatic rings. The van der Waals surface area contributed by atoms with Gasteiger partial charge in [-0.05, 0) is 62.0 Å². The number of rotatable bonds is 25. The average Bonchev–Trinajstić information content (AvgIpc) is 4.03. The molecule has 0 spiro atoms. The molecule has 6 amide bonds. The van der Waals surface area contributed by atoms with Crippen molar-refractivity contribution in [1.29, 1.82) is 0 Å². The number of aliphatic carboxylic acids is 1. The van der Waals surface area contributed by atoms with E-state index < -0.39 is 83.7 Å². The van der Waals surface area contributed by atoms with Gasteiger partial charge in [-0.25, -0.2) is 0 Å². The first-order valence-electron chi connectivity index (χ1n) is 22.0. The van der Waals surface area contributed by atoms with Crippen molar-refractivity contribution >= 4 is 52.3 Å². The highest BCUT2D eigenvalue weighted by atomic mass is 16.4. The molecule has 4 rings (SSSR count). The zero-order chi connectivity index (χ0) is 47.1. The molecule has 0 bridgehead atoms. The predicted molar refractivity (Wildman–Crippen MR) is 241 cm³/mol. The number of nitrogens with two attached hydrogens (primary N) is 1. The Labute approximate surface area is 374 Å². The Hall–Kier alpha value is -6.31. The Balaban J connectivity index is 1.50. The molecular formula is C44H68N12O8. The second-order valence-electron chi connectivity index (χ2n) is 17.8. The van der Waals surface area contributed by atoms with Gasteiger partial charge >= 0.3 is 5.97 Å². The summed E-state index contributed by atoms with van der Waals surface area (Å²) in [6.07, 6.45) is 6.00. The van der Waals surface area contributed by atoms with Crippen molar-refractivity contribution in [1.82, 2.24) is 58.2 Å². The maximum atomic E-state index is 14.2. The molecule has 0 aliphatic carbocycles. The minimum atomic E-state index is -1.25. The number of carbonyl (C=O) groups is 7. The van der Waals surface area contributed by atoms with Crippen LogP contribution in [0.2, 0.25) is 0 Å². The van der Waals surface area contributed by atoms with E-state index in [0.29, 0.717) is 24.7 Å². The minimum absolute atomic E-state index is 0.0155. The summed E-state index contributed by atoms with van der Waals surface area (Å²) in [6.45, 7) is 13.4. The van der Waals surface area contributed by atoms with Crippen LogP contribution in [0.25, 0.3) is 10.9 Å². The van der Waals surface area contributed by atoms with Gasteiger partial charge in [-0.1, -0.05) is 59.7 Å². The van der Waals surface area contributed by atoms with Crippen molar-refractivity contribution in [3.05, 3.63) is 59.8 Å². The van der Waals surface area contributed by atoms with Gasteiger partial charge in [-0.15, -0.1) is 0 Å².